The highest BCUT2D eigenvalue weighted by molar-refractivity contribution is 6.31. The predicted molar refractivity (Wildman–Crippen MR) is 71.2 cm³/mol. The van der Waals surface area contributed by atoms with E-state index in [1.165, 1.54) is 18.6 Å². The Hall–Kier alpha value is -2.14. The van der Waals surface area contributed by atoms with Crippen LogP contribution in [0, 0.1) is 0 Å². The predicted octanol–water partition coefficient (Wildman–Crippen LogP) is 2.07. The molecule has 2 aromatic rings. The molecule has 1 amide bonds. The number of carbonyl (C=O) groups excluding carboxylic acids is 1. The number of nitrogens with one attached hydrogen (secondary N) is 1. The molecular weight excluding hydrogens is 266 g/mol. The van der Waals surface area contributed by atoms with Crippen molar-refractivity contribution in [3.05, 3.63) is 53.1 Å². The van der Waals surface area contributed by atoms with E-state index < -0.39 is 0 Å². The SMILES string of the molecule is COc1ccc(CNC(=O)c2cnccn2)c(Cl)c1. The van der Waals surface area contributed by atoms with Gasteiger partial charge in [0, 0.05) is 24.0 Å². The zero-order valence-electron chi connectivity index (χ0n) is 10.3. The lowest BCUT2D eigenvalue weighted by Gasteiger charge is -2.08. The number of ether oxygens (including phenoxy) is 1. The van der Waals surface area contributed by atoms with Crippen LogP contribution >= 0.6 is 11.6 Å². The minimum Gasteiger partial charge on any atom is -0.497 e. The summed E-state index contributed by atoms with van der Waals surface area (Å²) in [6, 6.07) is 5.29. The van der Waals surface area contributed by atoms with E-state index in [4.69, 9.17) is 16.3 Å². The van der Waals surface area contributed by atoms with Gasteiger partial charge in [-0.3, -0.25) is 9.78 Å². The second kappa shape index (κ2) is 6.15. The second-order valence-electron chi connectivity index (χ2n) is 3.73. The van der Waals surface area contributed by atoms with Gasteiger partial charge >= 0.3 is 0 Å². The van der Waals surface area contributed by atoms with Gasteiger partial charge in [-0.05, 0) is 17.7 Å². The van der Waals surface area contributed by atoms with Crippen molar-refractivity contribution >= 4 is 17.5 Å². The first kappa shape index (κ1) is 13.3. The van der Waals surface area contributed by atoms with Gasteiger partial charge in [-0.25, -0.2) is 4.98 Å². The maximum absolute atomic E-state index is 11.8. The number of nitrogens with zero attached hydrogens (tertiary/aromatic N) is 2. The molecule has 1 heterocycles. The molecule has 0 bridgehead atoms. The van der Waals surface area contributed by atoms with E-state index in [1.54, 1.807) is 25.3 Å². The highest BCUT2D eigenvalue weighted by atomic mass is 35.5. The molecule has 0 aliphatic rings. The number of hydrogen-bond donors (Lipinski definition) is 1. The smallest absolute Gasteiger partial charge is 0.271 e. The number of amides is 1. The summed E-state index contributed by atoms with van der Waals surface area (Å²) in [6.07, 6.45) is 4.39. The summed E-state index contributed by atoms with van der Waals surface area (Å²) in [7, 11) is 1.57. The van der Waals surface area contributed by atoms with Crippen molar-refractivity contribution in [1.29, 1.82) is 0 Å². The van der Waals surface area contributed by atoms with E-state index in [2.05, 4.69) is 15.3 Å². The molecule has 0 fully saturated rings. The van der Waals surface area contributed by atoms with Gasteiger partial charge in [0.15, 0.2) is 0 Å². The van der Waals surface area contributed by atoms with E-state index in [0.717, 1.165) is 5.56 Å². The molecule has 0 saturated carbocycles. The number of aromatic nitrogens is 2. The van der Waals surface area contributed by atoms with Gasteiger partial charge in [0.2, 0.25) is 0 Å². The molecule has 1 N–H and O–H groups in total. The first-order valence-electron chi connectivity index (χ1n) is 5.57. The fourth-order valence-corrected chi connectivity index (χ4v) is 1.72. The van der Waals surface area contributed by atoms with Gasteiger partial charge in [0.25, 0.3) is 5.91 Å². The molecule has 0 saturated heterocycles. The molecule has 0 aliphatic heterocycles. The Kier molecular flexibility index (Phi) is 4.30. The lowest BCUT2D eigenvalue weighted by Crippen LogP contribution is -2.24. The summed E-state index contributed by atoms with van der Waals surface area (Å²) in [5, 5.41) is 3.27. The maximum Gasteiger partial charge on any atom is 0.271 e. The van der Waals surface area contributed by atoms with Gasteiger partial charge < -0.3 is 10.1 Å². The Bertz CT molecular complexity index is 575. The summed E-state index contributed by atoms with van der Waals surface area (Å²) in [5.41, 5.74) is 1.08. The first-order valence-corrected chi connectivity index (χ1v) is 5.95. The largest absolute Gasteiger partial charge is 0.497 e. The molecule has 2 rings (SSSR count). The standard InChI is InChI=1S/C13H12ClN3O2/c1-19-10-3-2-9(11(14)6-10)7-17-13(18)12-8-15-4-5-16-12/h2-6,8H,7H2,1H3,(H,17,18). The summed E-state index contributed by atoms with van der Waals surface area (Å²) < 4.78 is 5.05. The fraction of sp³-hybridized carbons (Fsp3) is 0.154. The fourth-order valence-electron chi connectivity index (χ4n) is 1.48. The number of hydrogen-bond acceptors (Lipinski definition) is 4. The Morgan fingerprint density at radius 3 is 2.89 bits per heavy atom. The number of rotatable bonds is 4. The average Bonchev–Trinajstić information content (AvgIpc) is 2.46. The molecule has 0 aliphatic carbocycles. The zero-order valence-corrected chi connectivity index (χ0v) is 11.0. The molecule has 0 radical (unpaired) electrons. The third kappa shape index (κ3) is 3.42. The van der Waals surface area contributed by atoms with Crippen molar-refractivity contribution in [1.82, 2.24) is 15.3 Å². The summed E-state index contributed by atoms with van der Waals surface area (Å²) >= 11 is 6.08. The van der Waals surface area contributed by atoms with E-state index >= 15 is 0 Å². The number of methoxy groups -OCH3 is 1. The number of carbonyl (C=O) groups is 1. The second-order valence-corrected chi connectivity index (χ2v) is 4.14. The Labute approximate surface area is 115 Å². The maximum atomic E-state index is 11.8. The van der Waals surface area contributed by atoms with Crippen molar-refractivity contribution in [2.45, 2.75) is 6.54 Å². The summed E-state index contributed by atoms with van der Waals surface area (Å²) in [4.78, 5) is 19.5. The molecule has 0 unspecified atom stereocenters. The van der Waals surface area contributed by atoms with Crippen molar-refractivity contribution in [2.75, 3.05) is 7.11 Å². The lowest BCUT2D eigenvalue weighted by atomic mass is 10.2. The average molecular weight is 278 g/mol. The van der Waals surface area contributed by atoms with Crippen LogP contribution in [0.5, 0.6) is 5.75 Å². The summed E-state index contributed by atoms with van der Waals surface area (Å²) in [5.74, 6) is 0.383. The van der Waals surface area contributed by atoms with Gasteiger partial charge in [-0.1, -0.05) is 17.7 Å². The van der Waals surface area contributed by atoms with Crippen LogP contribution < -0.4 is 10.1 Å². The molecule has 6 heteroatoms. The van der Waals surface area contributed by atoms with Crippen LogP contribution in [-0.4, -0.2) is 23.0 Å². The van der Waals surface area contributed by atoms with E-state index in [-0.39, 0.29) is 11.6 Å². The molecule has 19 heavy (non-hydrogen) atoms. The van der Waals surface area contributed by atoms with Crippen LogP contribution in [-0.2, 0) is 6.54 Å². The highest BCUT2D eigenvalue weighted by Gasteiger charge is 2.08. The lowest BCUT2D eigenvalue weighted by molar-refractivity contribution is 0.0945. The minimum atomic E-state index is -0.292. The summed E-state index contributed by atoms with van der Waals surface area (Å²) in [6.45, 7) is 0.318. The molecule has 98 valence electrons. The Morgan fingerprint density at radius 2 is 2.26 bits per heavy atom. The van der Waals surface area contributed by atoms with Crippen LogP contribution in [0.15, 0.2) is 36.8 Å². The molecular formula is C13H12ClN3O2. The van der Waals surface area contributed by atoms with E-state index in [9.17, 15) is 4.79 Å². The molecule has 1 aromatic carbocycles. The Morgan fingerprint density at radius 1 is 1.42 bits per heavy atom. The zero-order chi connectivity index (χ0) is 13.7. The van der Waals surface area contributed by atoms with Crippen LogP contribution in [0.1, 0.15) is 16.1 Å². The van der Waals surface area contributed by atoms with Crippen molar-refractivity contribution in [3.8, 4) is 5.75 Å². The molecule has 5 nitrogen and oxygen atoms in total. The van der Waals surface area contributed by atoms with Crippen LogP contribution in [0.25, 0.3) is 0 Å². The highest BCUT2D eigenvalue weighted by Crippen LogP contribution is 2.22. The van der Waals surface area contributed by atoms with Crippen LogP contribution in [0.4, 0.5) is 0 Å². The first-order chi connectivity index (χ1) is 9.20. The minimum absolute atomic E-state index is 0.270. The third-order valence-electron chi connectivity index (χ3n) is 2.50. The van der Waals surface area contributed by atoms with Gasteiger partial charge in [0.1, 0.15) is 11.4 Å². The molecule has 1 aromatic heterocycles. The number of benzene rings is 1. The van der Waals surface area contributed by atoms with Gasteiger partial charge in [-0.15, -0.1) is 0 Å². The van der Waals surface area contributed by atoms with E-state index in [0.29, 0.717) is 17.3 Å². The Balaban J connectivity index is 2.01. The number of halogens is 1. The van der Waals surface area contributed by atoms with Gasteiger partial charge in [-0.2, -0.15) is 0 Å². The van der Waals surface area contributed by atoms with Crippen molar-refractivity contribution in [3.63, 3.8) is 0 Å². The van der Waals surface area contributed by atoms with Crippen molar-refractivity contribution in [2.24, 2.45) is 0 Å². The van der Waals surface area contributed by atoms with Gasteiger partial charge in [0.05, 0.1) is 13.3 Å². The van der Waals surface area contributed by atoms with Crippen molar-refractivity contribution < 1.29 is 9.53 Å². The topological polar surface area (TPSA) is 64.1 Å². The van der Waals surface area contributed by atoms with Crippen LogP contribution in [0.3, 0.4) is 0 Å². The monoisotopic (exact) mass is 277 g/mol. The quantitative estimate of drug-likeness (QED) is 0.929. The molecule has 0 atom stereocenters. The molecule has 0 spiro atoms. The normalized spacial score (nSPS) is 10.0. The van der Waals surface area contributed by atoms with E-state index in [1.807, 2.05) is 0 Å². The van der Waals surface area contributed by atoms with Crippen LogP contribution in [0.2, 0.25) is 5.02 Å². The third-order valence-corrected chi connectivity index (χ3v) is 2.85.